The van der Waals surface area contributed by atoms with Crippen LogP contribution in [0.2, 0.25) is 10.0 Å². The van der Waals surface area contributed by atoms with Crippen LogP contribution < -0.4 is 10.6 Å². The number of amides is 1. The Morgan fingerprint density at radius 1 is 1.35 bits per heavy atom. The number of halogens is 2. The van der Waals surface area contributed by atoms with Crippen molar-refractivity contribution in [3.8, 4) is 5.75 Å². The van der Waals surface area contributed by atoms with Gasteiger partial charge < -0.3 is 15.7 Å². The molecule has 3 N–H and O–H groups in total. The van der Waals surface area contributed by atoms with Gasteiger partial charge >= 0.3 is 0 Å². The summed E-state index contributed by atoms with van der Waals surface area (Å²) < 4.78 is 0. The van der Waals surface area contributed by atoms with E-state index in [1.807, 2.05) is 0 Å². The number of hydrogen-bond acceptors (Lipinski definition) is 3. The van der Waals surface area contributed by atoms with Crippen molar-refractivity contribution in [2.24, 2.45) is 11.3 Å². The van der Waals surface area contributed by atoms with E-state index in [1.54, 1.807) is 0 Å². The minimum Gasteiger partial charge on any atom is -0.506 e. The molecule has 1 aliphatic carbocycles. The van der Waals surface area contributed by atoms with Gasteiger partial charge in [-0.25, -0.2) is 0 Å². The number of aromatic hydroxyl groups is 1. The average Bonchev–Trinajstić information content (AvgIpc) is 3.01. The van der Waals surface area contributed by atoms with Gasteiger partial charge in [-0.1, -0.05) is 44.0 Å². The van der Waals surface area contributed by atoms with Crippen LogP contribution in [0.25, 0.3) is 0 Å². The number of phenolic OH excluding ortho intramolecular Hbond substituents is 1. The molecule has 4 nitrogen and oxygen atoms in total. The summed E-state index contributed by atoms with van der Waals surface area (Å²) in [4.78, 5) is 12.5. The summed E-state index contributed by atoms with van der Waals surface area (Å²) in [6.07, 6.45) is 1.95. The number of phenols is 1. The first-order valence-electron chi connectivity index (χ1n) is 7.87. The number of fused-ring (bicyclic) bond motifs is 2. The lowest BCUT2D eigenvalue weighted by atomic mass is 9.73. The van der Waals surface area contributed by atoms with Crippen molar-refractivity contribution in [1.82, 2.24) is 10.6 Å². The molecule has 126 valence electrons. The molecule has 0 aromatic heterocycles. The van der Waals surface area contributed by atoms with E-state index in [4.69, 9.17) is 23.2 Å². The molecule has 2 aliphatic rings. The fourth-order valence-corrected chi connectivity index (χ4v) is 4.43. The summed E-state index contributed by atoms with van der Waals surface area (Å²) in [7, 11) is 0. The molecule has 0 radical (unpaired) electrons. The lowest BCUT2D eigenvalue weighted by Gasteiger charge is -2.42. The molecule has 0 unspecified atom stereocenters. The van der Waals surface area contributed by atoms with Gasteiger partial charge in [-0.3, -0.25) is 4.79 Å². The first-order chi connectivity index (χ1) is 10.6. The fourth-order valence-electron chi connectivity index (χ4n) is 3.93. The van der Waals surface area contributed by atoms with Crippen LogP contribution in [0, 0.1) is 11.3 Å². The highest BCUT2D eigenvalue weighted by Crippen LogP contribution is 2.50. The van der Waals surface area contributed by atoms with Crippen LogP contribution >= 0.6 is 23.2 Å². The number of nitrogens with one attached hydrogen (secondary N) is 2. The van der Waals surface area contributed by atoms with E-state index in [-0.39, 0.29) is 39.2 Å². The molecule has 1 saturated carbocycles. The van der Waals surface area contributed by atoms with E-state index in [2.05, 4.69) is 31.4 Å². The van der Waals surface area contributed by atoms with Crippen LogP contribution in [-0.2, 0) is 0 Å². The molecule has 1 aromatic carbocycles. The smallest absolute Gasteiger partial charge is 0.255 e. The zero-order valence-corrected chi connectivity index (χ0v) is 15.1. The monoisotopic (exact) mass is 356 g/mol. The average molecular weight is 357 g/mol. The number of hydrogen-bond donors (Lipinski definition) is 3. The van der Waals surface area contributed by atoms with Crippen molar-refractivity contribution < 1.29 is 9.90 Å². The van der Waals surface area contributed by atoms with Crippen LogP contribution in [0.4, 0.5) is 0 Å². The molecule has 6 heteroatoms. The van der Waals surface area contributed by atoms with Gasteiger partial charge in [-0.05, 0) is 36.3 Å². The van der Waals surface area contributed by atoms with E-state index in [0.29, 0.717) is 10.9 Å². The third-order valence-corrected chi connectivity index (χ3v) is 5.98. The quantitative estimate of drug-likeness (QED) is 0.758. The predicted molar refractivity (Wildman–Crippen MR) is 92.3 cm³/mol. The Hall–Kier alpha value is -0.970. The molecule has 1 aliphatic heterocycles. The van der Waals surface area contributed by atoms with Gasteiger partial charge in [0.1, 0.15) is 5.75 Å². The van der Waals surface area contributed by atoms with Crippen molar-refractivity contribution >= 4 is 29.1 Å². The highest BCUT2D eigenvalue weighted by Gasteiger charge is 2.56. The van der Waals surface area contributed by atoms with E-state index < -0.39 is 0 Å². The zero-order chi connectivity index (χ0) is 17.0. The zero-order valence-electron chi connectivity index (χ0n) is 13.5. The Kier molecular flexibility index (Phi) is 4.06. The van der Waals surface area contributed by atoms with Gasteiger partial charge in [0.25, 0.3) is 5.91 Å². The standard InChI is InChI=1S/C17H22Cl2N2O2/c1-16(2,3)17-6-9(8-20-17)13(7-17)21-15(23)11-4-10(18)5-12(19)14(11)22/h4-5,9,13,20,22H,6-8H2,1-3H3,(H,21,23)/t9-,13-,17-/m1/s1. The van der Waals surface area contributed by atoms with Gasteiger partial charge in [-0.2, -0.15) is 0 Å². The maximum Gasteiger partial charge on any atom is 0.255 e. The SMILES string of the molecule is CC(C)(C)[C@]12C[C@H](CN1)[C@H](NC(=O)c1cc(Cl)cc(Cl)c1O)C2. The Labute approximate surface area is 146 Å². The molecule has 3 rings (SSSR count). The van der Waals surface area contributed by atoms with Crippen LogP contribution in [0.5, 0.6) is 5.75 Å². The Bertz CT molecular complexity index is 657. The molecule has 1 saturated heterocycles. The van der Waals surface area contributed by atoms with Gasteiger partial charge in [0.15, 0.2) is 0 Å². The summed E-state index contributed by atoms with van der Waals surface area (Å²) in [6.45, 7) is 7.60. The van der Waals surface area contributed by atoms with Gasteiger partial charge in [0, 0.05) is 23.1 Å². The molecule has 2 bridgehead atoms. The second kappa shape index (κ2) is 5.54. The summed E-state index contributed by atoms with van der Waals surface area (Å²) in [5.74, 6) is -0.135. The van der Waals surface area contributed by atoms with Crippen molar-refractivity contribution in [2.45, 2.75) is 45.2 Å². The van der Waals surface area contributed by atoms with Crippen LogP contribution in [-0.4, -0.2) is 29.1 Å². The van der Waals surface area contributed by atoms with Crippen molar-refractivity contribution in [3.05, 3.63) is 27.7 Å². The Morgan fingerprint density at radius 2 is 2.04 bits per heavy atom. The fraction of sp³-hybridized carbons (Fsp3) is 0.588. The molecule has 1 aromatic rings. The lowest BCUT2D eigenvalue weighted by molar-refractivity contribution is 0.0903. The van der Waals surface area contributed by atoms with Gasteiger partial charge in [0.2, 0.25) is 0 Å². The number of carbonyl (C=O) groups is 1. The van der Waals surface area contributed by atoms with Crippen molar-refractivity contribution in [1.29, 1.82) is 0 Å². The molecule has 1 heterocycles. The highest BCUT2D eigenvalue weighted by molar-refractivity contribution is 6.36. The summed E-state index contributed by atoms with van der Waals surface area (Å²) in [5.41, 5.74) is 0.315. The molecule has 0 spiro atoms. The van der Waals surface area contributed by atoms with Crippen LogP contribution in [0.15, 0.2) is 12.1 Å². The molecule has 2 fully saturated rings. The van der Waals surface area contributed by atoms with Crippen LogP contribution in [0.1, 0.15) is 44.0 Å². The first kappa shape index (κ1) is 16.9. The number of rotatable bonds is 2. The second-order valence-corrected chi connectivity index (χ2v) is 8.59. The van der Waals surface area contributed by atoms with Gasteiger partial charge in [-0.15, -0.1) is 0 Å². The van der Waals surface area contributed by atoms with E-state index in [1.165, 1.54) is 12.1 Å². The molecular weight excluding hydrogens is 335 g/mol. The molecule has 23 heavy (non-hydrogen) atoms. The Balaban J connectivity index is 1.78. The number of carbonyl (C=O) groups excluding carboxylic acids is 1. The summed E-state index contributed by atoms with van der Waals surface area (Å²) in [6, 6.07) is 2.97. The minimum atomic E-state index is -0.325. The first-order valence-corrected chi connectivity index (χ1v) is 8.62. The highest BCUT2D eigenvalue weighted by atomic mass is 35.5. The molecule has 1 amide bonds. The minimum absolute atomic E-state index is 0.0592. The third-order valence-electron chi connectivity index (χ3n) is 5.48. The molecule has 3 atom stereocenters. The largest absolute Gasteiger partial charge is 0.506 e. The van der Waals surface area contributed by atoms with E-state index >= 15 is 0 Å². The summed E-state index contributed by atoms with van der Waals surface area (Å²) >= 11 is 11.8. The maximum absolute atomic E-state index is 12.5. The third kappa shape index (κ3) is 2.81. The van der Waals surface area contributed by atoms with Crippen molar-refractivity contribution in [3.63, 3.8) is 0 Å². The summed E-state index contributed by atoms with van der Waals surface area (Å²) in [5, 5.41) is 17.1. The number of piperidine rings is 1. The molecular formula is C17H22Cl2N2O2. The normalized spacial score (nSPS) is 29.8. The maximum atomic E-state index is 12.5. The van der Waals surface area contributed by atoms with E-state index in [9.17, 15) is 9.90 Å². The topological polar surface area (TPSA) is 61.4 Å². The predicted octanol–water partition coefficient (Wildman–Crippen LogP) is 3.60. The Morgan fingerprint density at radius 3 is 2.65 bits per heavy atom. The lowest BCUT2D eigenvalue weighted by Crippen LogP contribution is -2.55. The van der Waals surface area contributed by atoms with E-state index in [0.717, 1.165) is 19.4 Å². The van der Waals surface area contributed by atoms with Gasteiger partial charge in [0.05, 0.1) is 10.6 Å². The van der Waals surface area contributed by atoms with Crippen LogP contribution in [0.3, 0.4) is 0 Å². The van der Waals surface area contributed by atoms with Crippen molar-refractivity contribution in [2.75, 3.05) is 6.54 Å². The second-order valence-electron chi connectivity index (χ2n) is 7.75. The number of benzene rings is 1.